The molecule has 0 atom stereocenters. The highest BCUT2D eigenvalue weighted by Crippen LogP contribution is 2.12. The van der Waals surface area contributed by atoms with Crippen molar-refractivity contribution < 1.29 is 13.9 Å². The summed E-state index contributed by atoms with van der Waals surface area (Å²) < 4.78 is 10.7. The van der Waals surface area contributed by atoms with Gasteiger partial charge in [-0.2, -0.15) is 0 Å². The SMILES string of the molecule is O=C(OCc1cccc(Br)c1)c1cocn1. The molecule has 0 unspecified atom stereocenters. The molecule has 0 saturated heterocycles. The van der Waals surface area contributed by atoms with Crippen LogP contribution in [0, 0.1) is 0 Å². The molecule has 1 aromatic carbocycles. The number of hydrogen-bond donors (Lipinski definition) is 0. The molecule has 0 aliphatic heterocycles. The van der Waals surface area contributed by atoms with E-state index in [1.807, 2.05) is 24.3 Å². The second kappa shape index (κ2) is 4.94. The van der Waals surface area contributed by atoms with Crippen molar-refractivity contribution in [1.82, 2.24) is 4.98 Å². The van der Waals surface area contributed by atoms with E-state index in [1.54, 1.807) is 0 Å². The van der Waals surface area contributed by atoms with Crippen LogP contribution in [-0.4, -0.2) is 11.0 Å². The molecule has 0 saturated carbocycles. The Hall–Kier alpha value is -1.62. The van der Waals surface area contributed by atoms with E-state index in [1.165, 1.54) is 12.7 Å². The molecule has 0 aliphatic carbocycles. The number of carbonyl (C=O) groups excluding carboxylic acids is 1. The third-order valence-corrected chi connectivity index (χ3v) is 2.39. The Morgan fingerprint density at radius 1 is 1.50 bits per heavy atom. The lowest BCUT2D eigenvalue weighted by molar-refractivity contribution is 0.0465. The van der Waals surface area contributed by atoms with Gasteiger partial charge in [0.1, 0.15) is 12.9 Å². The second-order valence-electron chi connectivity index (χ2n) is 3.08. The number of benzene rings is 1. The number of rotatable bonds is 3. The molecule has 0 radical (unpaired) electrons. The van der Waals surface area contributed by atoms with Gasteiger partial charge in [0.15, 0.2) is 12.1 Å². The molecule has 82 valence electrons. The van der Waals surface area contributed by atoms with Gasteiger partial charge in [0.2, 0.25) is 0 Å². The van der Waals surface area contributed by atoms with E-state index in [0.717, 1.165) is 10.0 Å². The van der Waals surface area contributed by atoms with Crippen LogP contribution in [0.2, 0.25) is 0 Å². The Labute approximate surface area is 100 Å². The molecular formula is C11H8BrNO3. The van der Waals surface area contributed by atoms with E-state index < -0.39 is 5.97 Å². The molecule has 1 aromatic heterocycles. The number of ether oxygens (including phenoxy) is 1. The summed E-state index contributed by atoms with van der Waals surface area (Å²) in [5, 5.41) is 0. The number of esters is 1. The highest BCUT2D eigenvalue weighted by atomic mass is 79.9. The number of aromatic nitrogens is 1. The lowest BCUT2D eigenvalue weighted by Crippen LogP contribution is -2.05. The van der Waals surface area contributed by atoms with Gasteiger partial charge < -0.3 is 9.15 Å². The smallest absolute Gasteiger partial charge is 0.360 e. The van der Waals surface area contributed by atoms with Gasteiger partial charge in [-0.15, -0.1) is 0 Å². The highest BCUT2D eigenvalue weighted by Gasteiger charge is 2.09. The van der Waals surface area contributed by atoms with Gasteiger partial charge in [-0.3, -0.25) is 0 Å². The van der Waals surface area contributed by atoms with Crippen LogP contribution >= 0.6 is 15.9 Å². The third kappa shape index (κ3) is 2.70. The van der Waals surface area contributed by atoms with Crippen LogP contribution in [0.1, 0.15) is 16.1 Å². The minimum atomic E-state index is -0.492. The maximum Gasteiger partial charge on any atom is 0.360 e. The first-order chi connectivity index (χ1) is 7.75. The van der Waals surface area contributed by atoms with Crippen molar-refractivity contribution in [3.63, 3.8) is 0 Å². The zero-order valence-electron chi connectivity index (χ0n) is 8.22. The first kappa shape index (κ1) is 10.9. The lowest BCUT2D eigenvalue weighted by Gasteiger charge is -2.02. The van der Waals surface area contributed by atoms with Gasteiger partial charge in [-0.25, -0.2) is 9.78 Å². The number of carbonyl (C=O) groups is 1. The van der Waals surface area contributed by atoms with Crippen molar-refractivity contribution in [3.05, 3.63) is 52.7 Å². The summed E-state index contributed by atoms with van der Waals surface area (Å²) in [6.07, 6.45) is 2.44. The number of hydrogen-bond acceptors (Lipinski definition) is 4. The van der Waals surface area contributed by atoms with Gasteiger partial charge in [0, 0.05) is 4.47 Å². The predicted octanol–water partition coefficient (Wildman–Crippen LogP) is 2.79. The monoisotopic (exact) mass is 281 g/mol. The van der Waals surface area contributed by atoms with Crippen LogP contribution in [0.4, 0.5) is 0 Å². The van der Waals surface area contributed by atoms with Crippen molar-refractivity contribution in [1.29, 1.82) is 0 Å². The van der Waals surface area contributed by atoms with Crippen LogP contribution in [0.5, 0.6) is 0 Å². The molecule has 16 heavy (non-hydrogen) atoms. The zero-order chi connectivity index (χ0) is 11.4. The second-order valence-corrected chi connectivity index (χ2v) is 4.00. The van der Waals surface area contributed by atoms with Crippen molar-refractivity contribution in [2.45, 2.75) is 6.61 Å². The fourth-order valence-corrected chi connectivity index (χ4v) is 1.61. The average molecular weight is 282 g/mol. The quantitative estimate of drug-likeness (QED) is 0.812. The van der Waals surface area contributed by atoms with E-state index in [9.17, 15) is 4.79 Å². The summed E-state index contributed by atoms with van der Waals surface area (Å²) in [7, 11) is 0. The minimum Gasteiger partial charge on any atom is -0.456 e. The minimum absolute atomic E-state index is 0.176. The van der Waals surface area contributed by atoms with Gasteiger partial charge in [-0.05, 0) is 17.7 Å². The number of oxazole rings is 1. The molecule has 0 aliphatic rings. The molecule has 0 fully saturated rings. The summed E-state index contributed by atoms with van der Waals surface area (Å²) in [6.45, 7) is 0.213. The molecule has 1 heterocycles. The maximum absolute atomic E-state index is 11.4. The Morgan fingerprint density at radius 2 is 2.38 bits per heavy atom. The van der Waals surface area contributed by atoms with Crippen LogP contribution in [0.15, 0.2) is 45.8 Å². The molecule has 4 nitrogen and oxygen atoms in total. The molecule has 2 aromatic rings. The van der Waals surface area contributed by atoms with Crippen molar-refractivity contribution in [3.8, 4) is 0 Å². The largest absolute Gasteiger partial charge is 0.456 e. The Bertz CT molecular complexity index is 482. The summed E-state index contributed by atoms with van der Waals surface area (Å²) in [6, 6.07) is 7.54. The Balaban J connectivity index is 1.95. The van der Waals surface area contributed by atoms with Gasteiger partial charge >= 0.3 is 5.97 Å². The van der Waals surface area contributed by atoms with Crippen molar-refractivity contribution >= 4 is 21.9 Å². The van der Waals surface area contributed by atoms with Crippen molar-refractivity contribution in [2.24, 2.45) is 0 Å². The van der Waals surface area contributed by atoms with Crippen LogP contribution in [0.3, 0.4) is 0 Å². The standard InChI is InChI=1S/C11H8BrNO3/c12-9-3-1-2-8(4-9)5-16-11(14)10-6-15-7-13-10/h1-4,6-7H,5H2. The summed E-state index contributed by atoms with van der Waals surface area (Å²) >= 11 is 3.34. The van der Waals surface area contributed by atoms with Crippen LogP contribution in [0.25, 0.3) is 0 Å². The fourth-order valence-electron chi connectivity index (χ4n) is 1.16. The lowest BCUT2D eigenvalue weighted by atomic mass is 10.2. The number of nitrogens with zero attached hydrogens (tertiary/aromatic N) is 1. The predicted molar refractivity (Wildman–Crippen MR) is 59.8 cm³/mol. The molecule has 5 heteroatoms. The highest BCUT2D eigenvalue weighted by molar-refractivity contribution is 9.10. The average Bonchev–Trinajstić information content (AvgIpc) is 2.79. The van der Waals surface area contributed by atoms with E-state index in [4.69, 9.17) is 4.74 Å². The van der Waals surface area contributed by atoms with E-state index in [0.29, 0.717) is 0 Å². The summed E-state index contributed by atoms with van der Waals surface area (Å²) in [5.41, 5.74) is 1.08. The molecule has 0 spiro atoms. The Morgan fingerprint density at radius 3 is 3.06 bits per heavy atom. The molecule has 2 rings (SSSR count). The molecule has 0 amide bonds. The van der Waals surface area contributed by atoms with Gasteiger partial charge in [0.25, 0.3) is 0 Å². The Kier molecular flexibility index (Phi) is 3.36. The zero-order valence-corrected chi connectivity index (χ0v) is 9.81. The normalized spacial score (nSPS) is 10.1. The summed E-state index contributed by atoms with van der Waals surface area (Å²) in [5.74, 6) is -0.492. The van der Waals surface area contributed by atoms with Crippen molar-refractivity contribution in [2.75, 3.05) is 0 Å². The fraction of sp³-hybridized carbons (Fsp3) is 0.0909. The third-order valence-electron chi connectivity index (χ3n) is 1.90. The van der Waals surface area contributed by atoms with Gasteiger partial charge in [0.05, 0.1) is 0 Å². The summed E-state index contributed by atoms with van der Waals surface area (Å²) in [4.78, 5) is 15.1. The molecule has 0 N–H and O–H groups in total. The topological polar surface area (TPSA) is 52.3 Å². The van der Waals surface area contributed by atoms with Gasteiger partial charge in [-0.1, -0.05) is 28.1 Å². The van der Waals surface area contributed by atoms with Crippen LogP contribution < -0.4 is 0 Å². The molecule has 0 bridgehead atoms. The number of halogens is 1. The van der Waals surface area contributed by atoms with E-state index in [2.05, 4.69) is 25.3 Å². The maximum atomic E-state index is 11.4. The first-order valence-corrected chi connectivity index (χ1v) is 5.35. The first-order valence-electron chi connectivity index (χ1n) is 4.55. The van der Waals surface area contributed by atoms with Crippen LogP contribution in [-0.2, 0) is 11.3 Å². The molecular weight excluding hydrogens is 274 g/mol. The van der Waals surface area contributed by atoms with E-state index in [-0.39, 0.29) is 12.3 Å². The van der Waals surface area contributed by atoms with E-state index >= 15 is 0 Å².